The van der Waals surface area contributed by atoms with E-state index in [0.717, 1.165) is 16.1 Å². The Morgan fingerprint density at radius 3 is 2.67 bits per heavy atom. The van der Waals surface area contributed by atoms with E-state index in [1.165, 1.54) is 13.3 Å². The van der Waals surface area contributed by atoms with E-state index in [-0.39, 0.29) is 6.54 Å². The zero-order chi connectivity index (χ0) is 17.7. The first kappa shape index (κ1) is 17.7. The number of aromatic nitrogens is 1. The molecule has 1 aromatic heterocycles. The van der Waals surface area contributed by atoms with Crippen molar-refractivity contribution in [3.8, 4) is 5.75 Å². The van der Waals surface area contributed by atoms with E-state index in [4.69, 9.17) is 4.74 Å². The highest BCUT2D eigenvalue weighted by Gasteiger charge is 2.24. The van der Waals surface area contributed by atoms with Crippen LogP contribution in [-0.4, -0.2) is 39.2 Å². The number of aryl methyl sites for hydroxylation is 1. The van der Waals surface area contributed by atoms with Crippen molar-refractivity contribution in [1.82, 2.24) is 4.98 Å². The van der Waals surface area contributed by atoms with Gasteiger partial charge in [-0.05, 0) is 36.8 Å². The van der Waals surface area contributed by atoms with Crippen LogP contribution in [0.5, 0.6) is 5.75 Å². The van der Waals surface area contributed by atoms with Crippen molar-refractivity contribution in [3.05, 3.63) is 48.3 Å². The Balaban J connectivity index is 2.30. The standard InChI is InChI=1S/C16H19N3O4S/c1-12-6-7-15(23-2)14(9-12)19(24(3,21)22)11-16(20)18-13-5-4-8-17-10-13/h4-10H,11H2,1-3H3,(H,18,20). The van der Waals surface area contributed by atoms with Crippen LogP contribution in [0.2, 0.25) is 0 Å². The predicted octanol–water partition coefficient (Wildman–Crippen LogP) is 1.80. The molecule has 0 aliphatic carbocycles. The number of benzene rings is 1. The first-order valence-electron chi connectivity index (χ1n) is 7.13. The smallest absolute Gasteiger partial charge is 0.245 e. The van der Waals surface area contributed by atoms with Gasteiger partial charge in [-0.1, -0.05) is 6.07 Å². The second-order valence-electron chi connectivity index (χ2n) is 5.23. The van der Waals surface area contributed by atoms with E-state index < -0.39 is 15.9 Å². The molecule has 0 unspecified atom stereocenters. The summed E-state index contributed by atoms with van der Waals surface area (Å²) in [5, 5.41) is 2.62. The molecule has 7 nitrogen and oxygen atoms in total. The summed E-state index contributed by atoms with van der Waals surface area (Å²) in [7, 11) is -2.23. The highest BCUT2D eigenvalue weighted by atomic mass is 32.2. The van der Waals surface area contributed by atoms with Crippen molar-refractivity contribution < 1.29 is 17.9 Å². The number of sulfonamides is 1. The lowest BCUT2D eigenvalue weighted by atomic mass is 10.2. The molecule has 0 aliphatic rings. The maximum atomic E-state index is 12.2. The molecule has 0 saturated carbocycles. The summed E-state index contributed by atoms with van der Waals surface area (Å²) >= 11 is 0. The first-order chi connectivity index (χ1) is 11.3. The Bertz CT molecular complexity index is 822. The van der Waals surface area contributed by atoms with E-state index in [1.54, 1.807) is 36.5 Å². The van der Waals surface area contributed by atoms with Crippen LogP contribution < -0.4 is 14.4 Å². The molecule has 8 heteroatoms. The van der Waals surface area contributed by atoms with Crippen LogP contribution in [0.3, 0.4) is 0 Å². The maximum absolute atomic E-state index is 12.2. The summed E-state index contributed by atoms with van der Waals surface area (Å²) in [5.74, 6) is -0.0998. The molecule has 0 spiro atoms. The molecule has 0 aliphatic heterocycles. The molecule has 128 valence electrons. The van der Waals surface area contributed by atoms with Crippen molar-refractivity contribution in [1.29, 1.82) is 0 Å². The molecule has 0 saturated heterocycles. The number of hydrogen-bond acceptors (Lipinski definition) is 5. The van der Waals surface area contributed by atoms with Crippen LogP contribution in [0.4, 0.5) is 11.4 Å². The van der Waals surface area contributed by atoms with Gasteiger partial charge in [0.2, 0.25) is 15.9 Å². The molecule has 0 atom stereocenters. The number of pyridine rings is 1. The van der Waals surface area contributed by atoms with E-state index in [2.05, 4.69) is 10.3 Å². The van der Waals surface area contributed by atoms with Crippen molar-refractivity contribution in [2.24, 2.45) is 0 Å². The van der Waals surface area contributed by atoms with Gasteiger partial charge in [0.05, 0.1) is 30.9 Å². The van der Waals surface area contributed by atoms with Gasteiger partial charge in [0, 0.05) is 6.20 Å². The number of carbonyl (C=O) groups excluding carboxylic acids is 1. The quantitative estimate of drug-likeness (QED) is 0.859. The number of amides is 1. The third-order valence-corrected chi connectivity index (χ3v) is 4.36. The monoisotopic (exact) mass is 349 g/mol. The summed E-state index contributed by atoms with van der Waals surface area (Å²) in [5.41, 5.74) is 1.67. The molecule has 0 radical (unpaired) electrons. The van der Waals surface area contributed by atoms with Gasteiger partial charge in [0.1, 0.15) is 12.3 Å². The summed E-state index contributed by atoms with van der Waals surface area (Å²) in [6.07, 6.45) is 4.11. The lowest BCUT2D eigenvalue weighted by Gasteiger charge is -2.24. The number of anilines is 2. The zero-order valence-corrected chi connectivity index (χ0v) is 14.5. The Kier molecular flexibility index (Phi) is 5.40. The Morgan fingerprint density at radius 1 is 1.33 bits per heavy atom. The first-order valence-corrected chi connectivity index (χ1v) is 8.98. The van der Waals surface area contributed by atoms with Crippen molar-refractivity contribution in [2.75, 3.05) is 29.5 Å². The average molecular weight is 349 g/mol. The van der Waals surface area contributed by atoms with Gasteiger partial charge in [0.25, 0.3) is 0 Å². The van der Waals surface area contributed by atoms with Crippen LogP contribution in [0.25, 0.3) is 0 Å². The largest absolute Gasteiger partial charge is 0.495 e. The van der Waals surface area contributed by atoms with Gasteiger partial charge >= 0.3 is 0 Å². The van der Waals surface area contributed by atoms with E-state index in [1.807, 2.05) is 6.92 Å². The number of hydrogen-bond donors (Lipinski definition) is 1. The minimum atomic E-state index is -3.68. The van der Waals surface area contributed by atoms with E-state index >= 15 is 0 Å². The summed E-state index contributed by atoms with van der Waals surface area (Å²) < 4.78 is 30.6. The molecular formula is C16H19N3O4S. The fraction of sp³-hybridized carbons (Fsp3) is 0.250. The number of rotatable bonds is 6. The number of ether oxygens (including phenoxy) is 1. The van der Waals surface area contributed by atoms with Crippen LogP contribution in [0.1, 0.15) is 5.56 Å². The minimum absolute atomic E-state index is 0.321. The third kappa shape index (κ3) is 4.45. The molecule has 1 N–H and O–H groups in total. The summed E-state index contributed by atoms with van der Waals surface area (Å²) in [4.78, 5) is 16.1. The normalized spacial score (nSPS) is 11.0. The van der Waals surface area contributed by atoms with Gasteiger partial charge in [-0.25, -0.2) is 8.42 Å². The van der Waals surface area contributed by atoms with E-state index in [0.29, 0.717) is 17.1 Å². The molecule has 1 heterocycles. The second-order valence-corrected chi connectivity index (χ2v) is 7.14. The Hall–Kier alpha value is -2.61. The van der Waals surface area contributed by atoms with Crippen molar-refractivity contribution in [3.63, 3.8) is 0 Å². The van der Waals surface area contributed by atoms with Gasteiger partial charge in [-0.15, -0.1) is 0 Å². The topological polar surface area (TPSA) is 88.6 Å². The highest BCUT2D eigenvalue weighted by Crippen LogP contribution is 2.30. The third-order valence-electron chi connectivity index (χ3n) is 3.24. The second kappa shape index (κ2) is 7.31. The molecule has 1 aromatic carbocycles. The molecule has 2 aromatic rings. The van der Waals surface area contributed by atoms with Crippen LogP contribution >= 0.6 is 0 Å². The van der Waals surface area contributed by atoms with Crippen molar-refractivity contribution >= 4 is 27.3 Å². The maximum Gasteiger partial charge on any atom is 0.245 e. The van der Waals surface area contributed by atoms with Crippen LogP contribution in [-0.2, 0) is 14.8 Å². The van der Waals surface area contributed by atoms with Crippen molar-refractivity contribution in [2.45, 2.75) is 6.92 Å². The summed E-state index contributed by atoms with van der Waals surface area (Å²) in [6, 6.07) is 8.48. The molecular weight excluding hydrogens is 330 g/mol. The molecule has 2 rings (SSSR count). The van der Waals surface area contributed by atoms with Gasteiger partial charge in [0.15, 0.2) is 0 Å². The fourth-order valence-corrected chi connectivity index (χ4v) is 3.00. The van der Waals surface area contributed by atoms with Gasteiger partial charge in [-0.3, -0.25) is 14.1 Å². The Morgan fingerprint density at radius 2 is 2.08 bits per heavy atom. The van der Waals surface area contributed by atoms with Gasteiger partial charge < -0.3 is 10.1 Å². The lowest BCUT2D eigenvalue weighted by Crippen LogP contribution is -2.37. The molecule has 1 amide bonds. The van der Waals surface area contributed by atoms with Gasteiger partial charge in [-0.2, -0.15) is 0 Å². The molecule has 24 heavy (non-hydrogen) atoms. The highest BCUT2D eigenvalue weighted by molar-refractivity contribution is 7.92. The predicted molar refractivity (Wildman–Crippen MR) is 92.8 cm³/mol. The molecule has 0 bridgehead atoms. The van der Waals surface area contributed by atoms with Crippen LogP contribution in [0.15, 0.2) is 42.7 Å². The number of nitrogens with one attached hydrogen (secondary N) is 1. The fourth-order valence-electron chi connectivity index (χ4n) is 2.14. The average Bonchev–Trinajstić information content (AvgIpc) is 2.52. The van der Waals surface area contributed by atoms with E-state index in [9.17, 15) is 13.2 Å². The Labute approximate surface area is 141 Å². The zero-order valence-electron chi connectivity index (χ0n) is 13.7. The molecule has 0 fully saturated rings. The number of methoxy groups -OCH3 is 1. The number of carbonyl (C=O) groups is 1. The van der Waals surface area contributed by atoms with Crippen LogP contribution in [0, 0.1) is 6.92 Å². The number of nitrogens with zero attached hydrogens (tertiary/aromatic N) is 2. The SMILES string of the molecule is COc1ccc(C)cc1N(CC(=O)Nc1cccnc1)S(C)(=O)=O. The minimum Gasteiger partial charge on any atom is -0.495 e. The summed E-state index contributed by atoms with van der Waals surface area (Å²) in [6.45, 7) is 1.46. The lowest BCUT2D eigenvalue weighted by molar-refractivity contribution is -0.114.